The predicted molar refractivity (Wildman–Crippen MR) is 79.0 cm³/mol. The van der Waals surface area contributed by atoms with Crippen LogP contribution in [0.4, 0.5) is 0 Å². The van der Waals surface area contributed by atoms with Crippen molar-refractivity contribution < 1.29 is 14.6 Å². The summed E-state index contributed by atoms with van der Waals surface area (Å²) in [6.45, 7) is 0.225. The lowest BCUT2D eigenvalue weighted by atomic mass is 10.2. The van der Waals surface area contributed by atoms with Crippen molar-refractivity contribution >= 4 is 28.8 Å². The number of aliphatic hydroxyl groups excluding tert-OH is 1. The van der Waals surface area contributed by atoms with Crippen molar-refractivity contribution in [3.63, 3.8) is 0 Å². The molecule has 0 radical (unpaired) electrons. The van der Waals surface area contributed by atoms with Gasteiger partial charge in [0.05, 0.1) is 17.5 Å². The van der Waals surface area contributed by atoms with Crippen LogP contribution < -0.4 is 10.1 Å². The second kappa shape index (κ2) is 7.28. The van der Waals surface area contributed by atoms with Crippen molar-refractivity contribution in [2.75, 3.05) is 6.61 Å². The zero-order valence-electron chi connectivity index (χ0n) is 10.6. The van der Waals surface area contributed by atoms with Gasteiger partial charge in [0.25, 0.3) is 5.91 Å². The number of hydrogen-bond acceptors (Lipinski definition) is 4. The minimum absolute atomic E-state index is 0.0872. The van der Waals surface area contributed by atoms with Crippen LogP contribution in [0.15, 0.2) is 36.4 Å². The van der Waals surface area contributed by atoms with Gasteiger partial charge >= 0.3 is 0 Å². The summed E-state index contributed by atoms with van der Waals surface area (Å²) in [5.41, 5.74) is 0.658. The number of benzene rings is 1. The lowest BCUT2D eigenvalue weighted by molar-refractivity contribution is -0.123. The molecule has 6 heteroatoms. The Bertz CT molecular complexity index is 585. The molecule has 1 amide bonds. The Labute approximate surface area is 126 Å². The first-order valence-corrected chi connectivity index (χ1v) is 7.21. The number of ether oxygens (including phenoxy) is 1. The van der Waals surface area contributed by atoms with E-state index in [2.05, 4.69) is 5.32 Å². The summed E-state index contributed by atoms with van der Waals surface area (Å²) in [5.74, 6) is 0.298. The van der Waals surface area contributed by atoms with E-state index >= 15 is 0 Å². The highest BCUT2D eigenvalue weighted by Crippen LogP contribution is 2.21. The summed E-state index contributed by atoms with van der Waals surface area (Å²) in [6.07, 6.45) is 0. The van der Waals surface area contributed by atoms with Gasteiger partial charge in [0.1, 0.15) is 5.75 Å². The maximum atomic E-state index is 11.7. The summed E-state index contributed by atoms with van der Waals surface area (Å²) >= 11 is 7.23. The fourth-order valence-corrected chi connectivity index (χ4v) is 2.63. The van der Waals surface area contributed by atoms with Crippen LogP contribution in [-0.2, 0) is 17.9 Å². The van der Waals surface area contributed by atoms with E-state index in [0.717, 1.165) is 4.88 Å². The van der Waals surface area contributed by atoms with E-state index in [9.17, 15) is 4.79 Å². The number of nitrogens with one attached hydrogen (secondary N) is 1. The highest BCUT2D eigenvalue weighted by Gasteiger charge is 2.06. The highest BCUT2D eigenvalue weighted by molar-refractivity contribution is 7.16. The van der Waals surface area contributed by atoms with E-state index in [-0.39, 0.29) is 19.1 Å². The van der Waals surface area contributed by atoms with Gasteiger partial charge in [0.15, 0.2) is 6.61 Å². The maximum Gasteiger partial charge on any atom is 0.258 e. The van der Waals surface area contributed by atoms with Crippen molar-refractivity contribution in [3.05, 3.63) is 51.2 Å². The molecule has 0 aliphatic rings. The normalized spacial score (nSPS) is 10.3. The van der Waals surface area contributed by atoms with Crippen LogP contribution in [0.3, 0.4) is 0 Å². The summed E-state index contributed by atoms with van der Waals surface area (Å²) < 4.78 is 6.09. The van der Waals surface area contributed by atoms with E-state index in [0.29, 0.717) is 22.2 Å². The average Bonchev–Trinajstić information content (AvgIpc) is 2.89. The van der Waals surface area contributed by atoms with Gasteiger partial charge in [0.2, 0.25) is 0 Å². The first kappa shape index (κ1) is 14.8. The third-order valence-electron chi connectivity index (χ3n) is 2.59. The first-order valence-electron chi connectivity index (χ1n) is 6.01. The molecule has 0 bridgehead atoms. The lowest BCUT2D eigenvalue weighted by Gasteiger charge is -2.09. The van der Waals surface area contributed by atoms with E-state index in [1.165, 1.54) is 11.3 Å². The van der Waals surface area contributed by atoms with Gasteiger partial charge in [-0.3, -0.25) is 4.79 Å². The molecule has 2 aromatic rings. The zero-order valence-corrected chi connectivity index (χ0v) is 12.2. The number of halogens is 1. The smallest absolute Gasteiger partial charge is 0.258 e. The molecule has 106 valence electrons. The molecule has 0 saturated carbocycles. The SMILES string of the molecule is O=C(COc1ccccc1CO)NCc1ccc(Cl)s1. The van der Waals surface area contributed by atoms with Crippen molar-refractivity contribution in [2.45, 2.75) is 13.2 Å². The standard InChI is InChI=1S/C14H14ClNO3S/c15-13-6-5-11(20-13)7-16-14(18)9-19-12-4-2-1-3-10(12)8-17/h1-6,17H,7-9H2,(H,16,18). The summed E-state index contributed by atoms with van der Waals surface area (Å²) in [6, 6.07) is 10.7. The molecule has 0 aliphatic heterocycles. The number of aliphatic hydroxyl groups is 1. The minimum atomic E-state index is -0.220. The van der Waals surface area contributed by atoms with Crippen LogP contribution >= 0.6 is 22.9 Å². The molecule has 1 aromatic carbocycles. The van der Waals surface area contributed by atoms with Crippen LogP contribution in [0.25, 0.3) is 0 Å². The Morgan fingerprint density at radius 3 is 2.80 bits per heavy atom. The molecule has 0 aliphatic carbocycles. The van der Waals surface area contributed by atoms with Crippen LogP contribution in [-0.4, -0.2) is 17.6 Å². The number of para-hydroxylation sites is 1. The van der Waals surface area contributed by atoms with Gasteiger partial charge < -0.3 is 15.2 Å². The Morgan fingerprint density at radius 2 is 2.10 bits per heavy atom. The summed E-state index contributed by atoms with van der Waals surface area (Å²) in [4.78, 5) is 12.7. The number of hydrogen-bond donors (Lipinski definition) is 2. The average molecular weight is 312 g/mol. The fraction of sp³-hybridized carbons (Fsp3) is 0.214. The maximum absolute atomic E-state index is 11.7. The third-order valence-corrected chi connectivity index (χ3v) is 3.82. The number of rotatable bonds is 6. The van der Waals surface area contributed by atoms with Crippen molar-refractivity contribution in [1.29, 1.82) is 0 Å². The highest BCUT2D eigenvalue weighted by atomic mass is 35.5. The molecule has 1 aromatic heterocycles. The van der Waals surface area contributed by atoms with Crippen LogP contribution in [0.2, 0.25) is 4.34 Å². The van der Waals surface area contributed by atoms with E-state index in [1.54, 1.807) is 30.3 Å². The van der Waals surface area contributed by atoms with Gasteiger partial charge in [-0.25, -0.2) is 0 Å². The van der Waals surface area contributed by atoms with Gasteiger partial charge in [-0.2, -0.15) is 0 Å². The van der Waals surface area contributed by atoms with Gasteiger partial charge in [-0.05, 0) is 18.2 Å². The predicted octanol–water partition coefficient (Wildman–Crippen LogP) is 2.59. The molecule has 2 rings (SSSR count). The zero-order chi connectivity index (χ0) is 14.4. The van der Waals surface area contributed by atoms with Crippen molar-refractivity contribution in [2.24, 2.45) is 0 Å². The van der Waals surface area contributed by atoms with E-state index in [1.807, 2.05) is 6.07 Å². The largest absolute Gasteiger partial charge is 0.483 e. The van der Waals surface area contributed by atoms with E-state index < -0.39 is 0 Å². The molecule has 0 spiro atoms. The Balaban J connectivity index is 1.80. The molecule has 2 N–H and O–H groups in total. The van der Waals surface area contributed by atoms with Crippen molar-refractivity contribution in [3.8, 4) is 5.75 Å². The number of carbonyl (C=O) groups is 1. The molecule has 4 nitrogen and oxygen atoms in total. The second-order valence-corrected chi connectivity index (χ2v) is 5.84. The minimum Gasteiger partial charge on any atom is -0.483 e. The number of thiophene rings is 1. The first-order chi connectivity index (χ1) is 9.69. The second-order valence-electron chi connectivity index (χ2n) is 4.04. The van der Waals surface area contributed by atoms with Gasteiger partial charge in [-0.1, -0.05) is 29.8 Å². The lowest BCUT2D eigenvalue weighted by Crippen LogP contribution is -2.28. The van der Waals surface area contributed by atoms with Gasteiger partial charge in [-0.15, -0.1) is 11.3 Å². The molecular weight excluding hydrogens is 298 g/mol. The topological polar surface area (TPSA) is 58.6 Å². The third kappa shape index (κ3) is 4.23. The fourth-order valence-electron chi connectivity index (χ4n) is 1.60. The Hall–Kier alpha value is -1.56. The van der Waals surface area contributed by atoms with Crippen LogP contribution in [0.5, 0.6) is 5.75 Å². The van der Waals surface area contributed by atoms with E-state index in [4.69, 9.17) is 21.4 Å². The summed E-state index contributed by atoms with van der Waals surface area (Å²) in [7, 11) is 0. The molecule has 1 heterocycles. The van der Waals surface area contributed by atoms with Crippen molar-refractivity contribution in [1.82, 2.24) is 5.32 Å². The van der Waals surface area contributed by atoms with Gasteiger partial charge in [0, 0.05) is 10.4 Å². The molecule has 0 unspecified atom stereocenters. The molecular formula is C14H14ClNO3S. The number of carbonyl (C=O) groups excluding carboxylic acids is 1. The summed E-state index contributed by atoms with van der Waals surface area (Å²) in [5, 5.41) is 11.9. The monoisotopic (exact) mass is 311 g/mol. The molecule has 0 atom stereocenters. The molecule has 20 heavy (non-hydrogen) atoms. The molecule has 0 saturated heterocycles. The quantitative estimate of drug-likeness (QED) is 0.862. The number of amides is 1. The molecule has 0 fully saturated rings. The Morgan fingerprint density at radius 1 is 1.30 bits per heavy atom. The van der Waals surface area contributed by atoms with Crippen LogP contribution in [0.1, 0.15) is 10.4 Å². The van der Waals surface area contributed by atoms with Crippen LogP contribution in [0, 0.1) is 0 Å². The Kier molecular flexibility index (Phi) is 5.40.